The van der Waals surface area contributed by atoms with Gasteiger partial charge in [-0.1, -0.05) is 12.8 Å². The lowest BCUT2D eigenvalue weighted by atomic mass is 9.83. The number of piperidine rings is 1. The van der Waals surface area contributed by atoms with Crippen molar-refractivity contribution in [2.24, 2.45) is 17.8 Å². The molecule has 2 saturated carbocycles. The monoisotopic (exact) mass is 484 g/mol. The molecule has 0 spiro atoms. The summed E-state index contributed by atoms with van der Waals surface area (Å²) in [5.41, 5.74) is 5.17. The highest BCUT2D eigenvalue weighted by Gasteiger charge is 2.51. The smallest absolute Gasteiger partial charge is 0.243 e. The molecule has 9 nitrogen and oxygen atoms in total. The Hall–Kier alpha value is -2.19. The Kier molecular flexibility index (Phi) is 5.56. The molecule has 3 N–H and O–H groups in total. The van der Waals surface area contributed by atoms with Gasteiger partial charge in [0.05, 0.1) is 22.8 Å². The Labute approximate surface area is 200 Å². The molecule has 2 saturated heterocycles. The fraction of sp³-hybridized carbons (Fsp3) is 0.667. The number of nitriles is 1. The highest BCUT2D eigenvalue weighted by molar-refractivity contribution is 7.89. The van der Waals surface area contributed by atoms with E-state index in [4.69, 9.17) is 0 Å². The first-order chi connectivity index (χ1) is 16.5. The minimum Gasteiger partial charge on any atom is -0.368 e. The van der Waals surface area contributed by atoms with Crippen LogP contribution in [0.2, 0.25) is 0 Å². The van der Waals surface area contributed by atoms with Crippen LogP contribution in [0.25, 0.3) is 0 Å². The maximum absolute atomic E-state index is 12.9. The molecule has 2 aliphatic carbocycles. The van der Waals surface area contributed by atoms with Crippen molar-refractivity contribution in [1.82, 2.24) is 20.1 Å². The first-order valence-corrected chi connectivity index (χ1v) is 14.0. The van der Waals surface area contributed by atoms with Gasteiger partial charge in [0.25, 0.3) is 0 Å². The number of hydrogen-bond donors (Lipinski definition) is 3. The number of hydrazine groups is 1. The molecule has 6 rings (SSSR count). The van der Waals surface area contributed by atoms with E-state index in [1.165, 1.54) is 0 Å². The van der Waals surface area contributed by atoms with E-state index in [1.807, 2.05) is 6.07 Å². The second-order valence-electron chi connectivity index (χ2n) is 10.5. The van der Waals surface area contributed by atoms with Crippen LogP contribution in [0.1, 0.15) is 50.5 Å². The number of nitrogens with one attached hydrogen (secondary N) is 3. The molecule has 1 amide bonds. The van der Waals surface area contributed by atoms with Gasteiger partial charge in [-0.15, -0.1) is 0 Å². The van der Waals surface area contributed by atoms with Crippen LogP contribution in [0.3, 0.4) is 0 Å². The van der Waals surface area contributed by atoms with Crippen LogP contribution in [-0.4, -0.2) is 55.0 Å². The van der Waals surface area contributed by atoms with Crippen molar-refractivity contribution in [3.8, 4) is 6.07 Å². The van der Waals surface area contributed by atoms with Crippen molar-refractivity contribution >= 4 is 21.6 Å². The molecular weight excluding hydrogens is 452 g/mol. The topological polar surface area (TPSA) is 118 Å². The molecular formula is C24H32N6O3S. The van der Waals surface area contributed by atoms with Gasteiger partial charge in [0.15, 0.2) is 0 Å². The molecule has 10 heteroatoms. The van der Waals surface area contributed by atoms with E-state index in [0.717, 1.165) is 56.2 Å². The Bertz CT molecular complexity index is 1130. The Balaban J connectivity index is 1.24. The molecule has 0 bridgehead atoms. The zero-order valence-electron chi connectivity index (χ0n) is 19.2. The van der Waals surface area contributed by atoms with Gasteiger partial charge in [-0.05, 0) is 61.8 Å². The number of rotatable bonds is 5. The third-order valence-electron chi connectivity index (χ3n) is 8.22. The van der Waals surface area contributed by atoms with Crippen molar-refractivity contribution in [3.63, 3.8) is 0 Å². The number of carbonyl (C=O) groups is 1. The normalized spacial score (nSPS) is 35.3. The van der Waals surface area contributed by atoms with Crippen LogP contribution >= 0.6 is 0 Å². The molecule has 4 fully saturated rings. The van der Waals surface area contributed by atoms with E-state index < -0.39 is 10.0 Å². The van der Waals surface area contributed by atoms with Crippen LogP contribution < -0.4 is 16.1 Å². The molecule has 5 atom stereocenters. The molecule has 0 aromatic heterocycles. The number of amides is 1. The lowest BCUT2D eigenvalue weighted by Crippen LogP contribution is -2.54. The zero-order chi connectivity index (χ0) is 23.4. The Morgan fingerprint density at radius 1 is 1.12 bits per heavy atom. The van der Waals surface area contributed by atoms with Crippen molar-refractivity contribution in [2.75, 3.05) is 18.4 Å². The van der Waals surface area contributed by atoms with Gasteiger partial charge in [-0.3, -0.25) is 4.79 Å². The molecule has 34 heavy (non-hydrogen) atoms. The lowest BCUT2D eigenvalue weighted by Gasteiger charge is -2.39. The van der Waals surface area contributed by atoms with Crippen molar-refractivity contribution in [1.29, 1.82) is 5.26 Å². The van der Waals surface area contributed by atoms with Gasteiger partial charge in [0.2, 0.25) is 15.9 Å². The fourth-order valence-corrected chi connectivity index (χ4v) is 7.97. The highest BCUT2D eigenvalue weighted by atomic mass is 32.2. The van der Waals surface area contributed by atoms with E-state index in [0.29, 0.717) is 30.4 Å². The summed E-state index contributed by atoms with van der Waals surface area (Å²) < 4.78 is 27.4. The number of fused-ring (bicyclic) bond motifs is 2. The van der Waals surface area contributed by atoms with Crippen molar-refractivity contribution in [2.45, 2.75) is 74.6 Å². The third kappa shape index (κ3) is 3.79. The first-order valence-electron chi connectivity index (χ1n) is 12.6. The quantitative estimate of drug-likeness (QED) is 0.583. The van der Waals surface area contributed by atoms with Gasteiger partial charge < -0.3 is 10.6 Å². The molecule has 0 radical (unpaired) electrons. The third-order valence-corrected chi connectivity index (χ3v) is 10.1. The van der Waals surface area contributed by atoms with Crippen molar-refractivity contribution in [3.05, 3.63) is 23.8 Å². The standard InChI is InChI=1S/C24H32N6O3S/c25-12-16-3-1-2-4-19(16)30-20-9-10-26-24(31)22(20)23(28-30)27-18-7-8-21-17(11-18)14-29(34(21,32)33)13-15-5-6-15/h7-8,11,15-16,19-20,22-23,27-28H,1-6,9-10,13-14H2,(H,26,31)/t16-,19+,20?,22?,23?/m1/s1. The minimum absolute atomic E-state index is 0.0208. The second-order valence-corrected chi connectivity index (χ2v) is 12.4. The van der Waals surface area contributed by atoms with E-state index in [-0.39, 0.29) is 36.0 Å². The summed E-state index contributed by atoms with van der Waals surface area (Å²) in [6.07, 6.45) is 6.77. The lowest BCUT2D eigenvalue weighted by molar-refractivity contribution is -0.128. The maximum atomic E-state index is 12.9. The van der Waals surface area contributed by atoms with Crippen LogP contribution in [0.5, 0.6) is 0 Å². The van der Waals surface area contributed by atoms with Crippen molar-refractivity contribution < 1.29 is 13.2 Å². The van der Waals surface area contributed by atoms with E-state index in [9.17, 15) is 18.5 Å². The summed E-state index contributed by atoms with van der Waals surface area (Å²) in [4.78, 5) is 13.3. The second kappa shape index (κ2) is 8.48. The summed E-state index contributed by atoms with van der Waals surface area (Å²) in [6, 6.07) is 8.04. The van der Waals surface area contributed by atoms with Crippen LogP contribution in [0.4, 0.5) is 5.69 Å². The summed E-state index contributed by atoms with van der Waals surface area (Å²) in [5, 5.41) is 18.4. The highest BCUT2D eigenvalue weighted by Crippen LogP contribution is 2.39. The Morgan fingerprint density at radius 3 is 2.74 bits per heavy atom. The van der Waals surface area contributed by atoms with Crippen LogP contribution in [0, 0.1) is 29.1 Å². The van der Waals surface area contributed by atoms with Gasteiger partial charge in [0.1, 0.15) is 6.17 Å². The molecule has 1 aromatic carbocycles. The van der Waals surface area contributed by atoms with Crippen LogP contribution in [-0.2, 0) is 21.4 Å². The molecule has 3 aliphatic heterocycles. The minimum atomic E-state index is -3.42. The predicted molar refractivity (Wildman–Crippen MR) is 125 cm³/mol. The number of benzene rings is 1. The zero-order valence-corrected chi connectivity index (χ0v) is 20.1. The maximum Gasteiger partial charge on any atom is 0.243 e. The SMILES string of the molecule is N#C[C@H]1CCCC[C@@H]1N1NC(Nc2ccc3c(c2)CN(CC2CC2)S3(=O)=O)C2C(=O)NCCC21. The summed E-state index contributed by atoms with van der Waals surface area (Å²) in [7, 11) is -3.42. The van der Waals surface area contributed by atoms with Gasteiger partial charge in [0, 0.05) is 37.4 Å². The van der Waals surface area contributed by atoms with Gasteiger partial charge in [-0.2, -0.15) is 9.57 Å². The molecule has 182 valence electrons. The predicted octanol–water partition coefficient (Wildman–Crippen LogP) is 1.75. The van der Waals surface area contributed by atoms with Gasteiger partial charge in [-0.25, -0.2) is 18.9 Å². The summed E-state index contributed by atoms with van der Waals surface area (Å²) in [6.45, 7) is 1.65. The number of carbonyl (C=O) groups excluding carboxylic acids is 1. The average Bonchev–Trinajstić information content (AvgIpc) is 3.52. The average molecular weight is 485 g/mol. The number of sulfonamides is 1. The first kappa shape index (κ1) is 22.3. The molecule has 5 aliphatic rings. The summed E-state index contributed by atoms with van der Waals surface area (Å²) >= 11 is 0. The molecule has 3 unspecified atom stereocenters. The van der Waals surface area contributed by atoms with E-state index in [2.05, 4.69) is 27.1 Å². The van der Waals surface area contributed by atoms with E-state index in [1.54, 1.807) is 16.4 Å². The Morgan fingerprint density at radius 2 is 1.94 bits per heavy atom. The largest absolute Gasteiger partial charge is 0.368 e. The fourth-order valence-electron chi connectivity index (χ4n) is 6.29. The molecule has 1 aromatic rings. The number of nitrogens with zero attached hydrogens (tertiary/aromatic N) is 3. The summed E-state index contributed by atoms with van der Waals surface area (Å²) in [5.74, 6) is 0.202. The van der Waals surface area contributed by atoms with E-state index >= 15 is 0 Å². The number of hydrogen-bond acceptors (Lipinski definition) is 7. The van der Waals surface area contributed by atoms with Crippen LogP contribution in [0.15, 0.2) is 23.1 Å². The molecule has 3 heterocycles. The van der Waals surface area contributed by atoms with Gasteiger partial charge >= 0.3 is 0 Å². The number of anilines is 1.